The Bertz CT molecular complexity index is 548. The van der Waals surface area contributed by atoms with E-state index in [-0.39, 0.29) is 0 Å². The summed E-state index contributed by atoms with van der Waals surface area (Å²) in [5.74, 6) is 0.914. The highest BCUT2D eigenvalue weighted by molar-refractivity contribution is 7.12. The monoisotopic (exact) mass is 305 g/mol. The molecular formula is C17H23NO2S. The number of aryl methyl sites for hydroxylation is 1. The predicted octanol–water partition coefficient (Wildman–Crippen LogP) is 3.54. The lowest BCUT2D eigenvalue weighted by atomic mass is 10.1. The summed E-state index contributed by atoms with van der Waals surface area (Å²) in [6.45, 7) is 4.45. The SMILES string of the molecule is CNCc1cc(COc2ccc(CCOC)cc2)c(C)s1. The van der Waals surface area contributed by atoms with E-state index in [2.05, 4.69) is 30.4 Å². The van der Waals surface area contributed by atoms with Crippen molar-refractivity contribution in [3.8, 4) is 5.75 Å². The molecule has 114 valence electrons. The third-order valence-corrected chi connectivity index (χ3v) is 4.43. The van der Waals surface area contributed by atoms with Gasteiger partial charge in [-0.25, -0.2) is 0 Å². The molecule has 2 rings (SSSR count). The molecule has 0 aliphatic rings. The zero-order valence-electron chi connectivity index (χ0n) is 12.9. The van der Waals surface area contributed by atoms with Gasteiger partial charge in [-0.2, -0.15) is 0 Å². The zero-order chi connectivity index (χ0) is 15.1. The van der Waals surface area contributed by atoms with E-state index in [1.54, 1.807) is 7.11 Å². The molecule has 1 aromatic carbocycles. The van der Waals surface area contributed by atoms with Crippen molar-refractivity contribution in [1.82, 2.24) is 5.32 Å². The summed E-state index contributed by atoms with van der Waals surface area (Å²) in [6, 6.07) is 10.5. The van der Waals surface area contributed by atoms with Crippen molar-refractivity contribution < 1.29 is 9.47 Å². The Labute approximate surface area is 130 Å². The second kappa shape index (κ2) is 8.17. The molecule has 0 fully saturated rings. The first-order valence-electron chi connectivity index (χ1n) is 7.16. The topological polar surface area (TPSA) is 30.5 Å². The number of nitrogens with one attached hydrogen (secondary N) is 1. The minimum atomic E-state index is 0.628. The van der Waals surface area contributed by atoms with Gasteiger partial charge in [0.15, 0.2) is 0 Å². The molecule has 0 radical (unpaired) electrons. The average Bonchev–Trinajstić information content (AvgIpc) is 2.84. The average molecular weight is 305 g/mol. The quantitative estimate of drug-likeness (QED) is 0.809. The number of ether oxygens (including phenoxy) is 2. The van der Waals surface area contributed by atoms with E-state index in [4.69, 9.17) is 9.47 Å². The summed E-state index contributed by atoms with van der Waals surface area (Å²) in [5.41, 5.74) is 2.54. The number of hydrogen-bond acceptors (Lipinski definition) is 4. The first kappa shape index (κ1) is 16.0. The van der Waals surface area contributed by atoms with Crippen LogP contribution in [-0.2, 0) is 24.3 Å². The third-order valence-electron chi connectivity index (χ3n) is 3.34. The molecule has 21 heavy (non-hydrogen) atoms. The van der Waals surface area contributed by atoms with Crippen molar-refractivity contribution in [2.45, 2.75) is 26.5 Å². The first-order valence-corrected chi connectivity index (χ1v) is 7.98. The van der Waals surface area contributed by atoms with Gasteiger partial charge in [-0.3, -0.25) is 0 Å². The number of hydrogen-bond donors (Lipinski definition) is 1. The summed E-state index contributed by atoms with van der Waals surface area (Å²) in [4.78, 5) is 2.68. The number of benzene rings is 1. The Hall–Kier alpha value is -1.36. The van der Waals surface area contributed by atoms with Crippen LogP contribution in [0.4, 0.5) is 0 Å². The van der Waals surface area contributed by atoms with E-state index in [1.807, 2.05) is 30.5 Å². The van der Waals surface area contributed by atoms with Gasteiger partial charge in [0.25, 0.3) is 0 Å². The van der Waals surface area contributed by atoms with Gasteiger partial charge in [0.2, 0.25) is 0 Å². The van der Waals surface area contributed by atoms with Gasteiger partial charge in [0.1, 0.15) is 12.4 Å². The normalized spacial score (nSPS) is 10.8. The van der Waals surface area contributed by atoms with Gasteiger partial charge < -0.3 is 14.8 Å². The minimum absolute atomic E-state index is 0.628. The van der Waals surface area contributed by atoms with E-state index in [0.29, 0.717) is 6.61 Å². The number of rotatable bonds is 8. The van der Waals surface area contributed by atoms with Gasteiger partial charge >= 0.3 is 0 Å². The minimum Gasteiger partial charge on any atom is -0.489 e. The van der Waals surface area contributed by atoms with Gasteiger partial charge in [-0.15, -0.1) is 11.3 Å². The Morgan fingerprint density at radius 2 is 1.95 bits per heavy atom. The predicted molar refractivity (Wildman–Crippen MR) is 88.2 cm³/mol. The van der Waals surface area contributed by atoms with Crippen LogP contribution in [0, 0.1) is 6.92 Å². The fourth-order valence-corrected chi connectivity index (χ4v) is 3.19. The lowest BCUT2D eigenvalue weighted by Crippen LogP contribution is -2.02. The maximum atomic E-state index is 5.88. The summed E-state index contributed by atoms with van der Waals surface area (Å²) >= 11 is 1.83. The number of methoxy groups -OCH3 is 1. The summed E-state index contributed by atoms with van der Waals surface area (Å²) in [6.07, 6.45) is 0.938. The lowest BCUT2D eigenvalue weighted by Gasteiger charge is -2.07. The Kier molecular flexibility index (Phi) is 6.23. The maximum Gasteiger partial charge on any atom is 0.119 e. The highest BCUT2D eigenvalue weighted by atomic mass is 32.1. The summed E-state index contributed by atoms with van der Waals surface area (Å²) in [7, 11) is 3.69. The van der Waals surface area contributed by atoms with Gasteiger partial charge in [-0.1, -0.05) is 12.1 Å². The van der Waals surface area contributed by atoms with Crippen LogP contribution in [0.1, 0.15) is 20.9 Å². The van der Waals surface area contributed by atoms with Crippen LogP contribution in [0.3, 0.4) is 0 Å². The van der Waals surface area contributed by atoms with E-state index >= 15 is 0 Å². The molecule has 0 unspecified atom stereocenters. The van der Waals surface area contributed by atoms with Gasteiger partial charge in [0.05, 0.1) is 6.61 Å². The van der Waals surface area contributed by atoms with Crippen molar-refractivity contribution in [3.05, 3.63) is 51.2 Å². The van der Waals surface area contributed by atoms with Crippen LogP contribution in [0.5, 0.6) is 5.75 Å². The summed E-state index contributed by atoms with van der Waals surface area (Å²) < 4.78 is 11.0. The lowest BCUT2D eigenvalue weighted by molar-refractivity contribution is 0.202. The van der Waals surface area contributed by atoms with Crippen molar-refractivity contribution in [3.63, 3.8) is 0 Å². The van der Waals surface area contributed by atoms with Crippen molar-refractivity contribution in [2.24, 2.45) is 0 Å². The summed E-state index contributed by atoms with van der Waals surface area (Å²) in [5, 5.41) is 3.18. The largest absolute Gasteiger partial charge is 0.489 e. The molecule has 1 N–H and O–H groups in total. The van der Waals surface area contributed by atoms with E-state index in [9.17, 15) is 0 Å². The van der Waals surface area contributed by atoms with Crippen LogP contribution >= 0.6 is 11.3 Å². The second-order valence-electron chi connectivity index (χ2n) is 5.00. The van der Waals surface area contributed by atoms with Gasteiger partial charge in [-0.05, 0) is 44.2 Å². The van der Waals surface area contributed by atoms with E-state index in [1.165, 1.54) is 20.9 Å². The van der Waals surface area contributed by atoms with Crippen LogP contribution < -0.4 is 10.1 Å². The molecule has 0 saturated carbocycles. The molecular weight excluding hydrogens is 282 g/mol. The molecule has 2 aromatic rings. The molecule has 0 saturated heterocycles. The zero-order valence-corrected chi connectivity index (χ0v) is 13.8. The fraction of sp³-hybridized carbons (Fsp3) is 0.412. The standard InChI is InChI=1S/C17H23NO2S/c1-13-15(10-17(21-13)11-18-2)12-20-16-6-4-14(5-7-16)8-9-19-3/h4-7,10,18H,8-9,11-12H2,1-3H3. The van der Waals surface area contributed by atoms with E-state index < -0.39 is 0 Å². The Balaban J connectivity index is 1.90. The smallest absolute Gasteiger partial charge is 0.119 e. The van der Waals surface area contributed by atoms with Crippen LogP contribution in [0.25, 0.3) is 0 Å². The van der Waals surface area contributed by atoms with Crippen molar-refractivity contribution >= 4 is 11.3 Å². The molecule has 0 spiro atoms. The fourth-order valence-electron chi connectivity index (χ4n) is 2.13. The van der Waals surface area contributed by atoms with Crippen molar-refractivity contribution in [2.75, 3.05) is 20.8 Å². The van der Waals surface area contributed by atoms with Crippen LogP contribution in [-0.4, -0.2) is 20.8 Å². The van der Waals surface area contributed by atoms with Crippen molar-refractivity contribution in [1.29, 1.82) is 0 Å². The maximum absolute atomic E-state index is 5.88. The molecule has 0 aliphatic heterocycles. The Morgan fingerprint density at radius 1 is 1.19 bits per heavy atom. The molecule has 1 heterocycles. The van der Waals surface area contributed by atoms with E-state index in [0.717, 1.165) is 25.3 Å². The van der Waals surface area contributed by atoms with Gasteiger partial charge in [0, 0.05) is 29.0 Å². The highest BCUT2D eigenvalue weighted by Crippen LogP contribution is 2.23. The third kappa shape index (κ3) is 4.84. The molecule has 0 amide bonds. The molecule has 0 atom stereocenters. The second-order valence-corrected chi connectivity index (χ2v) is 6.34. The van der Waals surface area contributed by atoms with Crippen LogP contribution in [0.2, 0.25) is 0 Å². The molecule has 0 aliphatic carbocycles. The molecule has 4 heteroatoms. The Morgan fingerprint density at radius 3 is 2.62 bits per heavy atom. The molecule has 0 bridgehead atoms. The molecule has 1 aromatic heterocycles. The first-order chi connectivity index (χ1) is 10.2. The van der Waals surface area contributed by atoms with Crippen LogP contribution in [0.15, 0.2) is 30.3 Å². The molecule has 3 nitrogen and oxygen atoms in total. The highest BCUT2D eigenvalue weighted by Gasteiger charge is 2.06. The number of thiophene rings is 1.